The van der Waals surface area contributed by atoms with Crippen LogP contribution in [0.1, 0.15) is 33.7 Å². The zero-order valence-corrected chi connectivity index (χ0v) is 12.2. The Morgan fingerprint density at radius 1 is 1.48 bits per heavy atom. The summed E-state index contributed by atoms with van der Waals surface area (Å²) >= 11 is 0. The largest absolute Gasteiger partial charge is 0.464 e. The van der Waals surface area contributed by atoms with Gasteiger partial charge in [-0.1, -0.05) is 0 Å². The predicted molar refractivity (Wildman–Crippen MR) is 73.9 cm³/mol. The quantitative estimate of drug-likeness (QED) is 0.752. The molecule has 0 spiro atoms. The molecule has 2 N–H and O–H groups in total. The second-order valence-corrected chi connectivity index (χ2v) is 5.43. The first-order valence-electron chi connectivity index (χ1n) is 6.77. The predicted octanol–water partition coefficient (Wildman–Crippen LogP) is -0.229. The van der Waals surface area contributed by atoms with E-state index in [1.54, 1.807) is 13.2 Å². The number of methoxy groups -OCH3 is 1. The lowest BCUT2D eigenvalue weighted by Crippen LogP contribution is -2.52. The highest BCUT2D eigenvalue weighted by molar-refractivity contribution is 5.97. The van der Waals surface area contributed by atoms with Crippen molar-refractivity contribution in [2.24, 2.45) is 7.05 Å². The van der Waals surface area contributed by atoms with Crippen LogP contribution in [0.4, 0.5) is 0 Å². The van der Waals surface area contributed by atoms with Crippen LogP contribution in [-0.4, -0.2) is 64.0 Å². The summed E-state index contributed by atoms with van der Waals surface area (Å²) in [5.74, 6) is -0.783. The van der Waals surface area contributed by atoms with E-state index in [9.17, 15) is 19.8 Å². The van der Waals surface area contributed by atoms with Gasteiger partial charge in [-0.15, -0.1) is 0 Å². The van der Waals surface area contributed by atoms with Crippen LogP contribution in [0.3, 0.4) is 0 Å². The highest BCUT2D eigenvalue weighted by Crippen LogP contribution is 2.22. The lowest BCUT2D eigenvalue weighted by molar-refractivity contribution is -0.0598. The fourth-order valence-corrected chi connectivity index (χ4v) is 2.59. The third-order valence-corrected chi connectivity index (χ3v) is 3.78. The zero-order valence-electron chi connectivity index (χ0n) is 12.2. The van der Waals surface area contributed by atoms with Gasteiger partial charge in [-0.05, 0) is 18.9 Å². The molecular formula is C14H20N2O5. The highest BCUT2D eigenvalue weighted by atomic mass is 16.5. The number of rotatable bonds is 3. The molecule has 2 rings (SSSR count). The highest BCUT2D eigenvalue weighted by Gasteiger charge is 2.35. The molecule has 7 heteroatoms. The van der Waals surface area contributed by atoms with Crippen molar-refractivity contribution in [3.05, 3.63) is 23.5 Å². The number of piperidine rings is 1. The summed E-state index contributed by atoms with van der Waals surface area (Å²) in [6.07, 6.45) is 2.65. The minimum Gasteiger partial charge on any atom is -0.464 e. The van der Waals surface area contributed by atoms with Crippen LogP contribution < -0.4 is 0 Å². The van der Waals surface area contributed by atoms with E-state index in [4.69, 9.17) is 0 Å². The van der Waals surface area contributed by atoms with Crippen LogP contribution in [0.25, 0.3) is 0 Å². The number of carbonyl (C=O) groups excluding carboxylic acids is 2. The molecule has 1 aliphatic heterocycles. The first-order valence-corrected chi connectivity index (χ1v) is 6.77. The minimum atomic E-state index is -1.24. The van der Waals surface area contributed by atoms with Crippen molar-refractivity contribution in [1.82, 2.24) is 9.47 Å². The van der Waals surface area contributed by atoms with Gasteiger partial charge in [-0.3, -0.25) is 4.79 Å². The minimum absolute atomic E-state index is 0.0881. The van der Waals surface area contributed by atoms with Gasteiger partial charge in [0.15, 0.2) is 0 Å². The Morgan fingerprint density at radius 3 is 2.81 bits per heavy atom. The van der Waals surface area contributed by atoms with Crippen molar-refractivity contribution in [2.75, 3.05) is 26.8 Å². The van der Waals surface area contributed by atoms with Gasteiger partial charge in [0.2, 0.25) is 0 Å². The maximum atomic E-state index is 12.4. The average Bonchev–Trinajstić information content (AvgIpc) is 2.87. The number of aryl methyl sites for hydroxylation is 1. The van der Waals surface area contributed by atoms with E-state index in [0.717, 1.165) is 0 Å². The molecule has 1 atom stereocenters. The lowest BCUT2D eigenvalue weighted by Gasteiger charge is -2.37. The van der Waals surface area contributed by atoms with Gasteiger partial charge in [0.1, 0.15) is 11.3 Å². The van der Waals surface area contributed by atoms with Crippen molar-refractivity contribution in [3.63, 3.8) is 0 Å². The Kier molecular flexibility index (Phi) is 4.34. The molecule has 21 heavy (non-hydrogen) atoms. The van der Waals surface area contributed by atoms with Gasteiger partial charge in [-0.25, -0.2) is 4.79 Å². The number of β-amino-alcohol motifs (C(OH)–C–C–N with tert-alkyl or cyclic N) is 1. The molecule has 1 aromatic rings. The second kappa shape index (κ2) is 5.87. The molecular weight excluding hydrogens is 276 g/mol. The Hall–Kier alpha value is -1.86. The molecule has 0 radical (unpaired) electrons. The fourth-order valence-electron chi connectivity index (χ4n) is 2.59. The number of amides is 1. The molecule has 0 aliphatic carbocycles. The lowest BCUT2D eigenvalue weighted by atomic mass is 9.93. The van der Waals surface area contributed by atoms with E-state index in [-0.39, 0.29) is 24.8 Å². The molecule has 1 aliphatic rings. The average molecular weight is 296 g/mol. The van der Waals surface area contributed by atoms with E-state index in [2.05, 4.69) is 4.74 Å². The van der Waals surface area contributed by atoms with Gasteiger partial charge in [-0.2, -0.15) is 0 Å². The van der Waals surface area contributed by atoms with Crippen LogP contribution >= 0.6 is 0 Å². The molecule has 1 unspecified atom stereocenters. The molecule has 0 saturated carbocycles. The van der Waals surface area contributed by atoms with E-state index in [0.29, 0.717) is 24.9 Å². The maximum Gasteiger partial charge on any atom is 0.354 e. The van der Waals surface area contributed by atoms with Crippen LogP contribution in [0.5, 0.6) is 0 Å². The van der Waals surface area contributed by atoms with Gasteiger partial charge in [0, 0.05) is 19.8 Å². The van der Waals surface area contributed by atoms with Crippen molar-refractivity contribution < 1.29 is 24.5 Å². The van der Waals surface area contributed by atoms with E-state index < -0.39 is 11.6 Å². The smallest absolute Gasteiger partial charge is 0.354 e. The molecule has 7 nitrogen and oxygen atoms in total. The van der Waals surface area contributed by atoms with Gasteiger partial charge < -0.3 is 24.4 Å². The Bertz CT molecular complexity index is 554. The summed E-state index contributed by atoms with van der Waals surface area (Å²) in [6.45, 7) is 0.230. The number of likely N-dealkylation sites (tertiary alicyclic amines) is 1. The van der Waals surface area contributed by atoms with Gasteiger partial charge >= 0.3 is 5.97 Å². The molecule has 1 saturated heterocycles. The number of aromatic nitrogens is 1. The topological polar surface area (TPSA) is 92.0 Å². The molecule has 1 fully saturated rings. The SMILES string of the molecule is COC(=O)c1cc(C(=O)N2CCCC(O)(CO)C2)cn1C. The normalized spacial score (nSPS) is 22.2. The van der Waals surface area contributed by atoms with Crippen LogP contribution in [-0.2, 0) is 11.8 Å². The Morgan fingerprint density at radius 2 is 2.19 bits per heavy atom. The molecule has 0 aromatic carbocycles. The van der Waals surface area contributed by atoms with Crippen molar-refractivity contribution in [3.8, 4) is 0 Å². The van der Waals surface area contributed by atoms with Gasteiger partial charge in [0.05, 0.1) is 25.8 Å². The van der Waals surface area contributed by atoms with E-state index >= 15 is 0 Å². The van der Waals surface area contributed by atoms with Crippen molar-refractivity contribution in [1.29, 1.82) is 0 Å². The number of hydrogen-bond acceptors (Lipinski definition) is 5. The van der Waals surface area contributed by atoms with Crippen LogP contribution in [0.15, 0.2) is 12.3 Å². The second-order valence-electron chi connectivity index (χ2n) is 5.43. The number of aliphatic hydroxyl groups excluding tert-OH is 1. The van der Waals surface area contributed by atoms with Crippen LogP contribution in [0.2, 0.25) is 0 Å². The number of aliphatic hydroxyl groups is 2. The summed E-state index contributed by atoms with van der Waals surface area (Å²) < 4.78 is 6.18. The molecule has 1 amide bonds. The third-order valence-electron chi connectivity index (χ3n) is 3.78. The van der Waals surface area contributed by atoms with Crippen molar-refractivity contribution >= 4 is 11.9 Å². The summed E-state index contributed by atoms with van der Waals surface area (Å²) in [6, 6.07) is 1.47. The summed E-state index contributed by atoms with van der Waals surface area (Å²) in [5, 5.41) is 19.3. The third kappa shape index (κ3) is 3.08. The molecule has 1 aromatic heterocycles. The Balaban J connectivity index is 2.18. The number of hydrogen-bond donors (Lipinski definition) is 2. The zero-order chi connectivity index (χ0) is 15.6. The fraction of sp³-hybridized carbons (Fsp3) is 0.571. The number of nitrogens with zero attached hydrogens (tertiary/aromatic N) is 2. The monoisotopic (exact) mass is 296 g/mol. The van der Waals surface area contributed by atoms with E-state index in [1.807, 2.05) is 0 Å². The summed E-state index contributed by atoms with van der Waals surface area (Å²) in [4.78, 5) is 25.5. The first-order chi connectivity index (χ1) is 9.90. The standard InChI is InChI=1S/C14H20N2O5/c1-15-7-10(6-11(15)13(19)21-2)12(18)16-5-3-4-14(20,8-16)9-17/h6-7,17,20H,3-5,8-9H2,1-2H3. The number of ether oxygens (including phenoxy) is 1. The number of carbonyl (C=O) groups is 2. The molecule has 0 bridgehead atoms. The molecule has 2 heterocycles. The Labute approximate surface area is 122 Å². The summed E-state index contributed by atoms with van der Waals surface area (Å²) in [7, 11) is 2.94. The molecule has 116 valence electrons. The van der Waals surface area contributed by atoms with Crippen molar-refractivity contribution in [2.45, 2.75) is 18.4 Å². The summed E-state index contributed by atoms with van der Waals surface area (Å²) in [5.41, 5.74) is -0.594. The van der Waals surface area contributed by atoms with Gasteiger partial charge in [0.25, 0.3) is 5.91 Å². The maximum absolute atomic E-state index is 12.4. The number of esters is 1. The van der Waals surface area contributed by atoms with Crippen LogP contribution in [0, 0.1) is 0 Å². The first kappa shape index (κ1) is 15.5. The van der Waals surface area contributed by atoms with E-state index in [1.165, 1.54) is 22.6 Å².